The summed E-state index contributed by atoms with van der Waals surface area (Å²) in [6.45, 7) is 2.07. The van der Waals surface area contributed by atoms with Crippen LogP contribution in [-0.2, 0) is 12.8 Å². The number of benzene rings is 2. The molecule has 7 heteroatoms. The van der Waals surface area contributed by atoms with Crippen LogP contribution in [0.4, 0.5) is 0 Å². The number of ether oxygens (including phenoxy) is 1. The Balaban J connectivity index is 1.80. The van der Waals surface area contributed by atoms with Gasteiger partial charge < -0.3 is 9.72 Å². The van der Waals surface area contributed by atoms with Crippen molar-refractivity contribution in [1.82, 2.24) is 9.97 Å². The fourth-order valence-electron chi connectivity index (χ4n) is 3.32. The Morgan fingerprint density at radius 2 is 1.86 bits per heavy atom. The lowest BCUT2D eigenvalue weighted by Gasteiger charge is -2.06. The lowest BCUT2D eigenvalue weighted by molar-refractivity contribution is 0.414. The highest BCUT2D eigenvalue weighted by Crippen LogP contribution is 2.38. The highest BCUT2D eigenvalue weighted by molar-refractivity contribution is 7.19. The first-order valence-electron chi connectivity index (χ1n) is 9.13. The van der Waals surface area contributed by atoms with E-state index in [1.54, 1.807) is 30.6 Å². The van der Waals surface area contributed by atoms with Crippen LogP contribution < -0.4 is 10.3 Å². The summed E-state index contributed by atoms with van der Waals surface area (Å²) in [6.07, 6.45) is 1.33. The molecule has 2 heterocycles. The van der Waals surface area contributed by atoms with Gasteiger partial charge in [0.15, 0.2) is 0 Å². The van der Waals surface area contributed by atoms with Crippen molar-refractivity contribution in [1.29, 1.82) is 0 Å². The van der Waals surface area contributed by atoms with Gasteiger partial charge in [0.2, 0.25) is 0 Å². The highest BCUT2D eigenvalue weighted by atomic mass is 35.5. The third kappa shape index (κ3) is 3.90. The van der Waals surface area contributed by atoms with Crippen LogP contribution in [0.1, 0.15) is 23.2 Å². The lowest BCUT2D eigenvalue weighted by Crippen LogP contribution is -2.11. The Morgan fingerprint density at radius 3 is 2.52 bits per heavy atom. The molecule has 148 valence electrons. The molecule has 0 bridgehead atoms. The van der Waals surface area contributed by atoms with Gasteiger partial charge in [-0.1, -0.05) is 48.3 Å². The van der Waals surface area contributed by atoms with Crippen LogP contribution in [-0.4, -0.2) is 17.1 Å². The van der Waals surface area contributed by atoms with E-state index in [-0.39, 0.29) is 5.56 Å². The van der Waals surface area contributed by atoms with E-state index in [1.165, 1.54) is 0 Å². The van der Waals surface area contributed by atoms with Crippen LogP contribution in [0.3, 0.4) is 0 Å². The van der Waals surface area contributed by atoms with E-state index in [2.05, 4.69) is 11.9 Å². The summed E-state index contributed by atoms with van der Waals surface area (Å²) < 4.78 is 5.19. The molecule has 0 amide bonds. The van der Waals surface area contributed by atoms with Gasteiger partial charge in [0.1, 0.15) is 16.4 Å². The molecule has 4 rings (SSSR count). The maximum absolute atomic E-state index is 13.0. The molecule has 0 spiro atoms. The van der Waals surface area contributed by atoms with Crippen molar-refractivity contribution in [3.8, 4) is 16.9 Å². The minimum absolute atomic E-state index is 0.143. The summed E-state index contributed by atoms with van der Waals surface area (Å²) in [5.74, 6) is 1.43. The van der Waals surface area contributed by atoms with Crippen LogP contribution in [0.15, 0.2) is 47.3 Å². The number of halogens is 2. The molecule has 0 unspecified atom stereocenters. The minimum Gasteiger partial charge on any atom is -0.497 e. The molecule has 0 aliphatic heterocycles. The predicted molar refractivity (Wildman–Crippen MR) is 121 cm³/mol. The van der Waals surface area contributed by atoms with Crippen molar-refractivity contribution in [2.75, 3.05) is 7.11 Å². The average molecular weight is 445 g/mol. The Bertz CT molecular complexity index is 1250. The molecule has 0 fully saturated rings. The van der Waals surface area contributed by atoms with Crippen LogP contribution in [0, 0.1) is 0 Å². The predicted octanol–water partition coefficient (Wildman–Crippen LogP) is 6.12. The molecule has 2 aromatic heterocycles. The Hall–Kier alpha value is -2.34. The number of methoxy groups -OCH3 is 1. The lowest BCUT2D eigenvalue weighted by atomic mass is 10.0. The second-order valence-corrected chi connectivity index (χ2v) is 8.50. The average Bonchev–Trinajstić information content (AvgIpc) is 3.10. The molecule has 0 aliphatic rings. The second-order valence-electron chi connectivity index (χ2n) is 6.60. The number of aromatic amines is 1. The minimum atomic E-state index is -0.143. The molecule has 4 aromatic rings. The fraction of sp³-hybridized carbons (Fsp3) is 0.182. The summed E-state index contributed by atoms with van der Waals surface area (Å²) >= 11 is 13.8. The van der Waals surface area contributed by atoms with Gasteiger partial charge in [0.05, 0.1) is 22.5 Å². The quantitative estimate of drug-likeness (QED) is 0.403. The third-order valence-corrected chi connectivity index (χ3v) is 6.71. The van der Waals surface area contributed by atoms with Crippen LogP contribution >= 0.6 is 34.5 Å². The van der Waals surface area contributed by atoms with E-state index in [0.717, 1.165) is 38.6 Å². The summed E-state index contributed by atoms with van der Waals surface area (Å²) in [6, 6.07) is 13.2. The highest BCUT2D eigenvalue weighted by Gasteiger charge is 2.19. The molecule has 0 saturated carbocycles. The molecule has 2 aromatic carbocycles. The van der Waals surface area contributed by atoms with Gasteiger partial charge in [-0.2, -0.15) is 0 Å². The standard InChI is InChI=1S/C22H18Cl2N2O2S/c1-3-17-19(13-6-9-15(23)16(24)11-13)20-21(27)25-18(26-22(20)29-17)10-12-4-7-14(28-2)8-5-12/h4-9,11H,3,10H2,1-2H3,(H,25,26,27). The topological polar surface area (TPSA) is 55.0 Å². The first-order chi connectivity index (χ1) is 14.0. The summed E-state index contributed by atoms with van der Waals surface area (Å²) in [5, 5.41) is 1.55. The first-order valence-corrected chi connectivity index (χ1v) is 10.7. The van der Waals surface area contributed by atoms with E-state index >= 15 is 0 Å². The summed E-state index contributed by atoms with van der Waals surface area (Å²) in [4.78, 5) is 22.5. The van der Waals surface area contributed by atoms with Crippen molar-refractivity contribution in [2.24, 2.45) is 0 Å². The van der Waals surface area contributed by atoms with E-state index in [4.69, 9.17) is 32.9 Å². The third-order valence-electron chi connectivity index (χ3n) is 4.74. The molecular formula is C22H18Cl2N2O2S. The molecule has 0 aliphatic carbocycles. The van der Waals surface area contributed by atoms with Crippen molar-refractivity contribution < 1.29 is 4.74 Å². The number of fused-ring (bicyclic) bond motifs is 1. The van der Waals surface area contributed by atoms with Crippen molar-refractivity contribution in [3.63, 3.8) is 0 Å². The number of hydrogen-bond acceptors (Lipinski definition) is 4. The molecule has 29 heavy (non-hydrogen) atoms. The maximum atomic E-state index is 13.0. The molecule has 0 saturated heterocycles. The zero-order valence-electron chi connectivity index (χ0n) is 15.9. The molecular weight excluding hydrogens is 427 g/mol. The van der Waals surface area contributed by atoms with Crippen LogP contribution in [0.2, 0.25) is 10.0 Å². The van der Waals surface area contributed by atoms with E-state index < -0.39 is 0 Å². The summed E-state index contributed by atoms with van der Waals surface area (Å²) in [7, 11) is 1.63. The number of hydrogen-bond donors (Lipinski definition) is 1. The SMILES string of the molecule is CCc1sc2nc(Cc3ccc(OC)cc3)[nH]c(=O)c2c1-c1ccc(Cl)c(Cl)c1. The normalized spacial score (nSPS) is 11.2. The van der Waals surface area contributed by atoms with Gasteiger partial charge in [0.25, 0.3) is 5.56 Å². The Labute approximate surface area is 182 Å². The van der Waals surface area contributed by atoms with Gasteiger partial charge in [-0.05, 0) is 41.8 Å². The molecule has 0 atom stereocenters. The van der Waals surface area contributed by atoms with Crippen LogP contribution in [0.5, 0.6) is 5.75 Å². The Kier molecular flexibility index (Phi) is 5.63. The van der Waals surface area contributed by atoms with Crippen molar-refractivity contribution in [2.45, 2.75) is 19.8 Å². The molecule has 0 radical (unpaired) electrons. The van der Waals surface area contributed by atoms with E-state index in [1.807, 2.05) is 30.3 Å². The fourth-order valence-corrected chi connectivity index (χ4v) is 4.78. The van der Waals surface area contributed by atoms with Crippen molar-refractivity contribution >= 4 is 44.8 Å². The number of rotatable bonds is 5. The number of aryl methyl sites for hydroxylation is 1. The van der Waals surface area contributed by atoms with Gasteiger partial charge in [0, 0.05) is 16.9 Å². The largest absolute Gasteiger partial charge is 0.497 e. The van der Waals surface area contributed by atoms with Gasteiger partial charge in [-0.3, -0.25) is 4.79 Å². The molecule has 1 N–H and O–H groups in total. The van der Waals surface area contributed by atoms with Gasteiger partial charge in [-0.25, -0.2) is 4.98 Å². The van der Waals surface area contributed by atoms with Crippen molar-refractivity contribution in [3.05, 3.63) is 79.1 Å². The van der Waals surface area contributed by atoms with E-state index in [9.17, 15) is 4.79 Å². The molecule has 4 nitrogen and oxygen atoms in total. The monoisotopic (exact) mass is 444 g/mol. The number of nitrogens with one attached hydrogen (secondary N) is 1. The number of thiophene rings is 1. The number of H-pyrrole nitrogens is 1. The van der Waals surface area contributed by atoms with Gasteiger partial charge >= 0.3 is 0 Å². The van der Waals surface area contributed by atoms with E-state index in [0.29, 0.717) is 27.7 Å². The Morgan fingerprint density at radius 1 is 1.10 bits per heavy atom. The zero-order valence-corrected chi connectivity index (χ0v) is 18.2. The first kappa shape index (κ1) is 20.0. The zero-order chi connectivity index (χ0) is 20.5. The van der Waals surface area contributed by atoms with Gasteiger partial charge in [-0.15, -0.1) is 11.3 Å². The summed E-state index contributed by atoms with van der Waals surface area (Å²) in [5.41, 5.74) is 2.66. The smallest absolute Gasteiger partial charge is 0.260 e. The van der Waals surface area contributed by atoms with Crippen LogP contribution in [0.25, 0.3) is 21.3 Å². The number of aromatic nitrogens is 2. The second kappa shape index (κ2) is 8.19. The maximum Gasteiger partial charge on any atom is 0.260 e. The number of nitrogens with zero attached hydrogens (tertiary/aromatic N) is 1.